The van der Waals surface area contributed by atoms with Gasteiger partial charge in [-0.3, -0.25) is 9.59 Å². The molecule has 1 heterocycles. The minimum Gasteiger partial charge on any atom is -0.353 e. The summed E-state index contributed by atoms with van der Waals surface area (Å²) in [5.41, 5.74) is 0.587. The highest BCUT2D eigenvalue weighted by atomic mass is 16.2. The van der Waals surface area contributed by atoms with Gasteiger partial charge in [0, 0.05) is 26.1 Å². The first kappa shape index (κ1) is 18.0. The molecule has 4 heteroatoms. The van der Waals surface area contributed by atoms with Gasteiger partial charge in [0.25, 0.3) is 0 Å². The third-order valence-corrected chi connectivity index (χ3v) is 6.01. The Labute approximate surface area is 151 Å². The van der Waals surface area contributed by atoms with E-state index in [9.17, 15) is 9.59 Å². The average molecular weight is 342 g/mol. The largest absolute Gasteiger partial charge is 0.353 e. The first-order valence-electron chi connectivity index (χ1n) is 9.74. The van der Waals surface area contributed by atoms with E-state index in [2.05, 4.69) is 17.4 Å². The molecular formula is C21H30N2O2. The van der Waals surface area contributed by atoms with Crippen LogP contribution in [0.2, 0.25) is 0 Å². The van der Waals surface area contributed by atoms with Crippen LogP contribution in [-0.4, -0.2) is 35.8 Å². The number of carbonyl (C=O) groups excluding carboxylic acids is 2. The molecule has 3 rings (SSSR count). The van der Waals surface area contributed by atoms with Crippen molar-refractivity contribution in [3.8, 4) is 0 Å². The van der Waals surface area contributed by atoms with Crippen molar-refractivity contribution in [1.82, 2.24) is 10.2 Å². The van der Waals surface area contributed by atoms with Crippen molar-refractivity contribution in [3.63, 3.8) is 0 Å². The zero-order valence-corrected chi connectivity index (χ0v) is 15.3. The molecule has 1 aromatic carbocycles. The van der Waals surface area contributed by atoms with Crippen molar-refractivity contribution in [3.05, 3.63) is 35.9 Å². The molecule has 1 aliphatic heterocycles. The summed E-state index contributed by atoms with van der Waals surface area (Å²) >= 11 is 0. The molecule has 1 aliphatic carbocycles. The lowest BCUT2D eigenvalue weighted by Gasteiger charge is -2.41. The molecule has 0 aromatic heterocycles. The molecule has 4 nitrogen and oxygen atoms in total. The van der Waals surface area contributed by atoms with Gasteiger partial charge in [0.1, 0.15) is 0 Å². The third kappa shape index (κ3) is 4.05. The van der Waals surface area contributed by atoms with E-state index < -0.39 is 5.41 Å². The number of hydrogen-bond acceptors (Lipinski definition) is 2. The fourth-order valence-corrected chi connectivity index (χ4v) is 4.35. The predicted octanol–water partition coefficient (Wildman–Crippen LogP) is 3.41. The number of piperidine rings is 1. The van der Waals surface area contributed by atoms with Crippen LogP contribution in [0, 0.1) is 0 Å². The lowest BCUT2D eigenvalue weighted by Crippen LogP contribution is -2.54. The van der Waals surface area contributed by atoms with Crippen LogP contribution in [0.25, 0.3) is 0 Å². The van der Waals surface area contributed by atoms with Gasteiger partial charge in [-0.2, -0.15) is 0 Å². The number of nitrogens with zero attached hydrogens (tertiary/aromatic N) is 1. The Morgan fingerprint density at radius 1 is 1.00 bits per heavy atom. The molecule has 1 N–H and O–H groups in total. The normalized spacial score (nSPS) is 21.4. The van der Waals surface area contributed by atoms with Gasteiger partial charge in [0.05, 0.1) is 5.41 Å². The lowest BCUT2D eigenvalue weighted by molar-refractivity contribution is -0.135. The maximum atomic E-state index is 13.4. The van der Waals surface area contributed by atoms with E-state index >= 15 is 0 Å². The predicted molar refractivity (Wildman–Crippen MR) is 99.2 cm³/mol. The average Bonchev–Trinajstić information content (AvgIpc) is 2.91. The van der Waals surface area contributed by atoms with E-state index in [4.69, 9.17) is 0 Å². The summed E-state index contributed by atoms with van der Waals surface area (Å²) in [4.78, 5) is 26.9. The van der Waals surface area contributed by atoms with Crippen LogP contribution in [-0.2, 0) is 15.0 Å². The molecule has 136 valence electrons. The molecule has 0 radical (unpaired) electrons. The van der Waals surface area contributed by atoms with Crippen LogP contribution in [0.15, 0.2) is 30.3 Å². The van der Waals surface area contributed by atoms with E-state index in [1.807, 2.05) is 23.1 Å². The van der Waals surface area contributed by atoms with E-state index in [-0.39, 0.29) is 11.8 Å². The molecule has 0 spiro atoms. The second kappa shape index (κ2) is 8.03. The van der Waals surface area contributed by atoms with Gasteiger partial charge in [-0.25, -0.2) is 0 Å². The van der Waals surface area contributed by atoms with Crippen molar-refractivity contribution in [1.29, 1.82) is 0 Å². The summed E-state index contributed by atoms with van der Waals surface area (Å²) < 4.78 is 0. The first-order valence-corrected chi connectivity index (χ1v) is 9.74. The maximum absolute atomic E-state index is 13.4. The van der Waals surface area contributed by atoms with Crippen molar-refractivity contribution < 1.29 is 9.59 Å². The molecule has 0 unspecified atom stereocenters. The molecular weight excluding hydrogens is 312 g/mol. The van der Waals surface area contributed by atoms with E-state index in [1.165, 1.54) is 25.7 Å². The van der Waals surface area contributed by atoms with Crippen LogP contribution >= 0.6 is 0 Å². The number of carbonyl (C=O) groups is 2. The molecule has 2 fully saturated rings. The molecule has 0 bridgehead atoms. The maximum Gasteiger partial charge on any atom is 0.231 e. The standard InChI is InChI=1S/C21H30N2O2/c1-17(24)23-15-13-21(14-16-23,18-9-5-4-6-10-18)20(25)22-19-11-7-2-3-8-12-19/h4-6,9-10,19H,2-3,7-8,11-16H2,1H3,(H,22,25). The Kier molecular flexibility index (Phi) is 5.77. The topological polar surface area (TPSA) is 49.4 Å². The monoisotopic (exact) mass is 342 g/mol. The summed E-state index contributed by atoms with van der Waals surface area (Å²) in [6.45, 7) is 2.92. The summed E-state index contributed by atoms with van der Waals surface area (Å²) in [6.07, 6.45) is 8.58. The second-order valence-corrected chi connectivity index (χ2v) is 7.62. The van der Waals surface area contributed by atoms with Gasteiger partial charge >= 0.3 is 0 Å². The Balaban J connectivity index is 1.79. The zero-order chi connectivity index (χ0) is 17.7. The minimum atomic E-state index is -0.500. The van der Waals surface area contributed by atoms with E-state index in [1.54, 1.807) is 6.92 Å². The van der Waals surface area contributed by atoms with E-state index in [0.29, 0.717) is 32.0 Å². The van der Waals surface area contributed by atoms with E-state index in [0.717, 1.165) is 18.4 Å². The van der Waals surface area contributed by atoms with Gasteiger partial charge in [-0.05, 0) is 31.2 Å². The highest BCUT2D eigenvalue weighted by molar-refractivity contribution is 5.89. The Bertz CT molecular complexity index is 583. The molecule has 1 saturated carbocycles. The Morgan fingerprint density at radius 3 is 2.16 bits per heavy atom. The van der Waals surface area contributed by atoms with Gasteiger partial charge < -0.3 is 10.2 Å². The molecule has 1 saturated heterocycles. The lowest BCUT2D eigenvalue weighted by atomic mass is 9.71. The van der Waals surface area contributed by atoms with Gasteiger partial charge in [-0.1, -0.05) is 56.0 Å². The first-order chi connectivity index (χ1) is 12.1. The summed E-state index contributed by atoms with van der Waals surface area (Å²) in [7, 11) is 0. The highest BCUT2D eigenvalue weighted by Crippen LogP contribution is 2.36. The zero-order valence-electron chi connectivity index (χ0n) is 15.3. The number of rotatable bonds is 3. The third-order valence-electron chi connectivity index (χ3n) is 6.01. The van der Waals surface area contributed by atoms with Gasteiger partial charge in [0.2, 0.25) is 11.8 Å². The molecule has 0 atom stereocenters. The summed E-state index contributed by atoms with van der Waals surface area (Å²) in [5, 5.41) is 3.37. The van der Waals surface area contributed by atoms with Crippen molar-refractivity contribution in [2.45, 2.75) is 69.7 Å². The second-order valence-electron chi connectivity index (χ2n) is 7.62. The van der Waals surface area contributed by atoms with Crippen LogP contribution in [0.4, 0.5) is 0 Å². The van der Waals surface area contributed by atoms with Crippen LogP contribution in [0.3, 0.4) is 0 Å². The molecule has 1 aromatic rings. The SMILES string of the molecule is CC(=O)N1CCC(C(=O)NC2CCCCCC2)(c2ccccc2)CC1. The number of amides is 2. The fourth-order valence-electron chi connectivity index (χ4n) is 4.35. The molecule has 2 aliphatic rings. The van der Waals surface area contributed by atoms with Gasteiger partial charge in [-0.15, -0.1) is 0 Å². The quantitative estimate of drug-likeness (QED) is 0.856. The Morgan fingerprint density at radius 2 is 1.60 bits per heavy atom. The Hall–Kier alpha value is -1.84. The smallest absolute Gasteiger partial charge is 0.231 e. The molecule has 2 amide bonds. The molecule has 25 heavy (non-hydrogen) atoms. The van der Waals surface area contributed by atoms with Crippen LogP contribution in [0.5, 0.6) is 0 Å². The van der Waals surface area contributed by atoms with Crippen molar-refractivity contribution in [2.75, 3.05) is 13.1 Å². The number of nitrogens with one attached hydrogen (secondary N) is 1. The van der Waals surface area contributed by atoms with Crippen LogP contribution in [0.1, 0.15) is 63.9 Å². The summed E-state index contributed by atoms with van der Waals surface area (Å²) in [6, 6.07) is 10.4. The summed E-state index contributed by atoms with van der Waals surface area (Å²) in [5.74, 6) is 0.264. The van der Waals surface area contributed by atoms with Crippen molar-refractivity contribution in [2.24, 2.45) is 0 Å². The van der Waals surface area contributed by atoms with Crippen LogP contribution < -0.4 is 5.32 Å². The number of benzene rings is 1. The minimum absolute atomic E-state index is 0.103. The van der Waals surface area contributed by atoms with Crippen molar-refractivity contribution >= 4 is 11.8 Å². The van der Waals surface area contributed by atoms with Gasteiger partial charge in [0.15, 0.2) is 0 Å². The number of likely N-dealkylation sites (tertiary alicyclic amines) is 1. The fraction of sp³-hybridized carbons (Fsp3) is 0.619. The highest BCUT2D eigenvalue weighted by Gasteiger charge is 2.43. The number of hydrogen-bond donors (Lipinski definition) is 1.